The number of nitrogens with one attached hydrogen (secondary N) is 1. The first-order chi connectivity index (χ1) is 7.69. The average Bonchev–Trinajstić information content (AvgIpc) is 2.14. The molecule has 0 saturated carbocycles. The predicted molar refractivity (Wildman–Crippen MR) is 74.0 cm³/mol. The molecule has 0 amide bonds. The van der Waals surface area contributed by atoms with Gasteiger partial charge in [0.25, 0.3) is 0 Å². The van der Waals surface area contributed by atoms with Gasteiger partial charge < -0.3 is 10.5 Å². The van der Waals surface area contributed by atoms with Crippen LogP contribution < -0.4 is 10.8 Å². The number of hydrogen-bond donors (Lipinski definition) is 2. The van der Waals surface area contributed by atoms with Crippen LogP contribution in [0.3, 0.4) is 0 Å². The molecule has 0 radical (unpaired) electrons. The molecule has 0 rings (SSSR count). The summed E-state index contributed by atoms with van der Waals surface area (Å²) in [5.74, 6) is -0.691. The quantitative estimate of drug-likeness (QED) is 0.561. The van der Waals surface area contributed by atoms with Crippen molar-refractivity contribution < 1.29 is 14.3 Å². The minimum absolute atomic E-state index is 0.144. The van der Waals surface area contributed by atoms with Gasteiger partial charge in [-0.25, -0.2) is 0 Å². The number of nitrogens with two attached hydrogens (primary N) is 1. The number of carbonyl (C=O) groups is 2. The van der Waals surface area contributed by atoms with E-state index in [9.17, 15) is 9.59 Å². The van der Waals surface area contributed by atoms with Gasteiger partial charge in [-0.1, -0.05) is 8.27 Å². The van der Waals surface area contributed by atoms with E-state index in [1.54, 1.807) is 20.8 Å². The maximum Gasteiger partial charge on any atom is 0.325 e. The number of esters is 1. The molecular formula is C10H22N2O3P2. The highest BCUT2D eigenvalue weighted by molar-refractivity contribution is 8.10. The first-order valence-corrected chi connectivity index (χ1v) is 8.85. The molecule has 4 atom stereocenters. The van der Waals surface area contributed by atoms with Crippen molar-refractivity contribution in [2.75, 3.05) is 6.66 Å². The van der Waals surface area contributed by atoms with E-state index in [0.29, 0.717) is 16.7 Å². The van der Waals surface area contributed by atoms with Gasteiger partial charge in [0.15, 0.2) is 0 Å². The molecule has 7 heteroatoms. The molecule has 0 aliphatic carbocycles. The smallest absolute Gasteiger partial charge is 0.325 e. The zero-order valence-electron chi connectivity index (χ0n) is 11.0. The van der Waals surface area contributed by atoms with E-state index in [1.165, 1.54) is 6.92 Å². The summed E-state index contributed by atoms with van der Waals surface area (Å²) in [6.45, 7) is 8.74. The molecule has 2 unspecified atom stereocenters. The number of carbonyl (C=O) groups excluding carboxylic acids is 2. The normalized spacial score (nSPS) is 16.6. The first-order valence-electron chi connectivity index (χ1n) is 5.35. The van der Waals surface area contributed by atoms with Crippen molar-refractivity contribution in [3.05, 3.63) is 0 Å². The van der Waals surface area contributed by atoms with E-state index in [1.807, 2.05) is 6.66 Å². The van der Waals surface area contributed by atoms with Crippen LogP contribution in [0.2, 0.25) is 0 Å². The average molecular weight is 280 g/mol. The fourth-order valence-corrected chi connectivity index (χ4v) is 2.68. The summed E-state index contributed by atoms with van der Waals surface area (Å²) >= 11 is 0. The van der Waals surface area contributed by atoms with E-state index in [0.717, 1.165) is 0 Å². The van der Waals surface area contributed by atoms with Gasteiger partial charge in [0.1, 0.15) is 17.4 Å². The highest BCUT2D eigenvalue weighted by atomic mass is 32.0. The largest absolute Gasteiger partial charge is 0.459 e. The maximum absolute atomic E-state index is 11.7. The minimum atomic E-state index is -0.949. The SMILES string of the molecule is CPPN[C@H](C(C)=O)[C@H](N)C(=O)OC(C)(C)C. The first kappa shape index (κ1) is 16.9. The van der Waals surface area contributed by atoms with Crippen molar-refractivity contribution in [3.63, 3.8) is 0 Å². The van der Waals surface area contributed by atoms with E-state index >= 15 is 0 Å². The number of ether oxygens (including phenoxy) is 1. The summed E-state index contributed by atoms with van der Waals surface area (Å²) in [6, 6.07) is -1.61. The zero-order chi connectivity index (χ0) is 13.6. The number of rotatable bonds is 6. The van der Waals surface area contributed by atoms with E-state index in [2.05, 4.69) is 5.09 Å². The van der Waals surface area contributed by atoms with Crippen molar-refractivity contribution in [3.8, 4) is 0 Å². The molecule has 0 bridgehead atoms. The molecular weight excluding hydrogens is 258 g/mol. The van der Waals surface area contributed by atoms with Crippen LogP contribution in [-0.2, 0) is 14.3 Å². The number of hydrogen-bond acceptors (Lipinski definition) is 5. The molecule has 0 aromatic heterocycles. The lowest BCUT2D eigenvalue weighted by molar-refractivity contribution is -0.157. The van der Waals surface area contributed by atoms with Gasteiger partial charge in [0.05, 0.1) is 6.04 Å². The summed E-state index contributed by atoms with van der Waals surface area (Å²) in [4.78, 5) is 23.2. The highest BCUT2D eigenvalue weighted by Gasteiger charge is 2.31. The summed E-state index contributed by atoms with van der Waals surface area (Å²) in [6.07, 6.45) is 0. The van der Waals surface area contributed by atoms with Crippen LogP contribution in [-0.4, -0.2) is 36.1 Å². The standard InChI is InChI=1S/C10H22N2O3P2/c1-6(13)8(12-17-16-5)7(11)9(14)15-10(2,3)4/h7-8,12,16-17H,11H2,1-5H3/t7-,8+/m0/s1. The van der Waals surface area contributed by atoms with Gasteiger partial charge in [-0.2, -0.15) is 0 Å². The number of ketones is 1. The Hall–Kier alpha value is -0.0800. The Morgan fingerprint density at radius 2 is 1.88 bits per heavy atom. The Balaban J connectivity index is 4.55. The fraction of sp³-hybridized carbons (Fsp3) is 0.800. The Kier molecular flexibility index (Phi) is 7.34. The van der Waals surface area contributed by atoms with Gasteiger partial charge in [0.2, 0.25) is 0 Å². The van der Waals surface area contributed by atoms with Crippen LogP contribution in [0, 0.1) is 0 Å². The molecule has 0 aromatic carbocycles. The lowest BCUT2D eigenvalue weighted by Crippen LogP contribution is -2.53. The van der Waals surface area contributed by atoms with Crippen molar-refractivity contribution in [2.24, 2.45) is 5.73 Å². The third kappa shape index (κ3) is 7.05. The molecule has 0 aromatic rings. The molecule has 0 saturated heterocycles. The zero-order valence-corrected chi connectivity index (χ0v) is 13.0. The van der Waals surface area contributed by atoms with Crippen LogP contribution in [0.4, 0.5) is 0 Å². The molecule has 3 N–H and O–H groups in total. The third-order valence-electron chi connectivity index (χ3n) is 1.83. The third-order valence-corrected chi connectivity index (χ3v) is 3.72. The fourth-order valence-electron chi connectivity index (χ4n) is 1.10. The Morgan fingerprint density at radius 3 is 2.24 bits per heavy atom. The topological polar surface area (TPSA) is 81.4 Å². The highest BCUT2D eigenvalue weighted by Crippen LogP contribution is 2.29. The Morgan fingerprint density at radius 1 is 1.35 bits per heavy atom. The Labute approximate surface area is 106 Å². The lowest BCUT2D eigenvalue weighted by atomic mass is 10.1. The van der Waals surface area contributed by atoms with Crippen molar-refractivity contribution in [2.45, 2.75) is 45.4 Å². The second-order valence-electron chi connectivity index (χ2n) is 4.67. The van der Waals surface area contributed by atoms with Gasteiger partial charge in [-0.3, -0.25) is 14.7 Å². The second kappa shape index (κ2) is 7.38. The molecule has 0 spiro atoms. The van der Waals surface area contributed by atoms with E-state index in [-0.39, 0.29) is 5.78 Å². The van der Waals surface area contributed by atoms with Crippen LogP contribution in [0.5, 0.6) is 0 Å². The van der Waals surface area contributed by atoms with Crippen LogP contribution in [0.15, 0.2) is 0 Å². The summed E-state index contributed by atoms with van der Waals surface area (Å²) < 4.78 is 5.16. The molecule has 100 valence electrons. The van der Waals surface area contributed by atoms with E-state index < -0.39 is 23.7 Å². The number of Topliss-reactive ketones (excluding diaryl/α,β-unsaturated/α-hetero) is 1. The predicted octanol–water partition coefficient (Wildman–Crippen LogP) is 1.02. The Bertz CT molecular complexity index is 279. The van der Waals surface area contributed by atoms with Gasteiger partial charge in [-0.05, 0) is 42.8 Å². The summed E-state index contributed by atoms with van der Waals surface area (Å²) in [7, 11) is 1.11. The van der Waals surface area contributed by atoms with Crippen LogP contribution in [0.25, 0.3) is 0 Å². The second-order valence-corrected chi connectivity index (χ2v) is 7.96. The minimum Gasteiger partial charge on any atom is -0.459 e. The van der Waals surface area contributed by atoms with Crippen molar-refractivity contribution >= 4 is 28.4 Å². The van der Waals surface area contributed by atoms with Gasteiger partial charge in [-0.15, -0.1) is 0 Å². The lowest BCUT2D eigenvalue weighted by Gasteiger charge is -2.26. The molecule has 5 nitrogen and oxygen atoms in total. The molecule has 0 aliphatic heterocycles. The van der Waals surface area contributed by atoms with Gasteiger partial charge in [0, 0.05) is 0 Å². The van der Waals surface area contributed by atoms with Crippen molar-refractivity contribution in [1.29, 1.82) is 0 Å². The monoisotopic (exact) mass is 280 g/mol. The van der Waals surface area contributed by atoms with E-state index in [4.69, 9.17) is 10.5 Å². The molecule has 0 aliphatic rings. The maximum atomic E-state index is 11.7. The van der Waals surface area contributed by atoms with Gasteiger partial charge >= 0.3 is 5.97 Å². The van der Waals surface area contributed by atoms with Crippen LogP contribution in [0.1, 0.15) is 27.7 Å². The summed E-state index contributed by atoms with van der Waals surface area (Å²) in [5, 5.41) is 3.00. The van der Waals surface area contributed by atoms with Crippen molar-refractivity contribution in [1.82, 2.24) is 5.09 Å². The molecule has 0 fully saturated rings. The van der Waals surface area contributed by atoms with Crippen LogP contribution >= 0.6 is 16.7 Å². The summed E-state index contributed by atoms with van der Waals surface area (Å²) in [5.41, 5.74) is 5.17. The molecule has 17 heavy (non-hydrogen) atoms. The molecule has 0 heterocycles.